The second kappa shape index (κ2) is 7.71. The second-order valence-corrected chi connectivity index (χ2v) is 6.82. The average molecular weight is 399 g/mol. The Kier molecular flexibility index (Phi) is 4.93. The summed E-state index contributed by atoms with van der Waals surface area (Å²) < 4.78 is 7.49. The van der Waals surface area contributed by atoms with Crippen LogP contribution in [0, 0.1) is 0 Å². The predicted molar refractivity (Wildman–Crippen MR) is 118 cm³/mol. The van der Waals surface area contributed by atoms with Crippen molar-refractivity contribution in [2.75, 3.05) is 12.4 Å². The van der Waals surface area contributed by atoms with E-state index in [9.17, 15) is 4.79 Å². The normalized spacial score (nSPS) is 10.7. The van der Waals surface area contributed by atoms with Crippen LogP contribution in [0.25, 0.3) is 27.7 Å². The Morgan fingerprint density at radius 2 is 2.00 bits per heavy atom. The van der Waals surface area contributed by atoms with E-state index in [-0.39, 0.29) is 5.57 Å². The van der Waals surface area contributed by atoms with Crippen LogP contribution in [0.2, 0.25) is 0 Å². The number of fused-ring (bicyclic) bond motifs is 1. The molecule has 7 nitrogen and oxygen atoms in total. The Balaban J connectivity index is 1.72. The van der Waals surface area contributed by atoms with E-state index in [2.05, 4.69) is 44.8 Å². The molecule has 0 aliphatic rings. The van der Waals surface area contributed by atoms with E-state index in [4.69, 9.17) is 10.5 Å². The van der Waals surface area contributed by atoms with E-state index in [0.29, 0.717) is 22.9 Å². The fourth-order valence-corrected chi connectivity index (χ4v) is 3.37. The van der Waals surface area contributed by atoms with E-state index in [1.807, 2.05) is 25.2 Å². The number of carbonyl (C=O) groups is 1. The molecule has 1 amide bonds. The minimum absolute atomic E-state index is 0.214. The molecule has 0 aliphatic heterocycles. The van der Waals surface area contributed by atoms with Crippen molar-refractivity contribution in [2.45, 2.75) is 0 Å². The molecule has 30 heavy (non-hydrogen) atoms. The molecule has 0 atom stereocenters. The molecule has 0 aliphatic carbocycles. The molecule has 4 aromatic rings. The first-order chi connectivity index (χ1) is 14.5. The molecule has 2 heterocycles. The van der Waals surface area contributed by atoms with Crippen LogP contribution in [-0.4, -0.2) is 27.6 Å². The van der Waals surface area contributed by atoms with Crippen LogP contribution >= 0.6 is 0 Å². The van der Waals surface area contributed by atoms with Crippen LogP contribution in [0.3, 0.4) is 0 Å². The molecule has 7 heteroatoms. The number of amides is 1. The van der Waals surface area contributed by atoms with Crippen molar-refractivity contribution in [1.29, 1.82) is 0 Å². The minimum Gasteiger partial charge on any atom is -0.495 e. The highest BCUT2D eigenvalue weighted by Crippen LogP contribution is 2.32. The largest absolute Gasteiger partial charge is 0.495 e. The van der Waals surface area contributed by atoms with Crippen molar-refractivity contribution in [2.24, 2.45) is 12.8 Å². The van der Waals surface area contributed by atoms with Crippen molar-refractivity contribution in [3.05, 3.63) is 73.1 Å². The molecular formula is C23H21N5O2. The van der Waals surface area contributed by atoms with E-state index >= 15 is 0 Å². The number of carbonyl (C=O) groups excluding carboxylic acids is 1. The molecule has 0 radical (unpaired) electrons. The SMILES string of the molecule is C=C(C(N)=O)c1ccc(OC)c(Nc2nccc(-c3cn(C)c4ccccc34)n2)c1. The molecule has 0 spiro atoms. The van der Waals surface area contributed by atoms with Crippen molar-refractivity contribution in [3.63, 3.8) is 0 Å². The van der Waals surface area contributed by atoms with Crippen LogP contribution < -0.4 is 15.8 Å². The number of aryl methyl sites for hydroxylation is 1. The van der Waals surface area contributed by atoms with Gasteiger partial charge in [-0.1, -0.05) is 30.8 Å². The van der Waals surface area contributed by atoms with Crippen molar-refractivity contribution in [3.8, 4) is 17.0 Å². The van der Waals surface area contributed by atoms with Gasteiger partial charge >= 0.3 is 0 Å². The third-order valence-electron chi connectivity index (χ3n) is 4.92. The van der Waals surface area contributed by atoms with Gasteiger partial charge in [0, 0.05) is 41.5 Å². The van der Waals surface area contributed by atoms with Crippen LogP contribution in [0.5, 0.6) is 5.75 Å². The first-order valence-corrected chi connectivity index (χ1v) is 9.29. The second-order valence-electron chi connectivity index (χ2n) is 6.82. The number of para-hydroxylation sites is 1. The number of benzene rings is 2. The van der Waals surface area contributed by atoms with E-state index in [1.165, 1.54) is 0 Å². The van der Waals surface area contributed by atoms with Crippen LogP contribution in [0.4, 0.5) is 11.6 Å². The molecule has 3 N–H and O–H groups in total. The van der Waals surface area contributed by atoms with Gasteiger partial charge in [-0.3, -0.25) is 4.79 Å². The maximum atomic E-state index is 11.5. The number of aromatic nitrogens is 3. The van der Waals surface area contributed by atoms with Crippen LogP contribution in [0.15, 0.2) is 67.5 Å². The Bertz CT molecular complexity index is 1280. The number of nitrogens with one attached hydrogen (secondary N) is 1. The monoisotopic (exact) mass is 399 g/mol. The van der Waals surface area contributed by atoms with Gasteiger partial charge in [0.05, 0.1) is 18.5 Å². The lowest BCUT2D eigenvalue weighted by Crippen LogP contribution is -2.12. The predicted octanol–water partition coefficient (Wildman–Crippen LogP) is 3.89. The molecule has 4 rings (SSSR count). The lowest BCUT2D eigenvalue weighted by atomic mass is 10.1. The van der Waals surface area contributed by atoms with Gasteiger partial charge in [0.1, 0.15) is 5.75 Å². The first-order valence-electron chi connectivity index (χ1n) is 9.29. The number of ether oxygens (including phenoxy) is 1. The molecule has 2 aromatic heterocycles. The third-order valence-corrected chi connectivity index (χ3v) is 4.92. The van der Waals surface area contributed by atoms with Gasteiger partial charge in [0.15, 0.2) is 0 Å². The summed E-state index contributed by atoms with van der Waals surface area (Å²) in [5, 5.41) is 4.29. The maximum absolute atomic E-state index is 11.5. The third kappa shape index (κ3) is 3.48. The Hall–Kier alpha value is -4.13. The van der Waals surface area contributed by atoms with Gasteiger partial charge in [0.25, 0.3) is 0 Å². The topological polar surface area (TPSA) is 95.1 Å². The molecule has 0 saturated carbocycles. The molecule has 0 fully saturated rings. The average Bonchev–Trinajstić information content (AvgIpc) is 3.10. The summed E-state index contributed by atoms with van der Waals surface area (Å²) in [6.07, 6.45) is 3.75. The number of hydrogen-bond acceptors (Lipinski definition) is 5. The Labute approximate surface area is 173 Å². The van der Waals surface area contributed by atoms with E-state index in [1.54, 1.807) is 31.5 Å². The molecular weight excluding hydrogens is 378 g/mol. The smallest absolute Gasteiger partial charge is 0.248 e. The summed E-state index contributed by atoms with van der Waals surface area (Å²) in [4.78, 5) is 20.5. The number of nitrogens with zero attached hydrogens (tertiary/aromatic N) is 3. The number of nitrogens with two attached hydrogens (primary N) is 1. The Morgan fingerprint density at radius 3 is 2.77 bits per heavy atom. The summed E-state index contributed by atoms with van der Waals surface area (Å²) in [5.74, 6) is 0.399. The highest BCUT2D eigenvalue weighted by atomic mass is 16.5. The summed E-state index contributed by atoms with van der Waals surface area (Å²) in [6.45, 7) is 3.74. The van der Waals surface area contributed by atoms with E-state index in [0.717, 1.165) is 22.2 Å². The highest BCUT2D eigenvalue weighted by Gasteiger charge is 2.13. The van der Waals surface area contributed by atoms with Crippen LogP contribution in [0.1, 0.15) is 5.56 Å². The summed E-state index contributed by atoms with van der Waals surface area (Å²) >= 11 is 0. The number of methoxy groups -OCH3 is 1. The minimum atomic E-state index is -0.583. The van der Waals surface area contributed by atoms with Gasteiger partial charge in [-0.15, -0.1) is 0 Å². The molecule has 0 bridgehead atoms. The number of hydrogen-bond donors (Lipinski definition) is 2. The lowest BCUT2D eigenvalue weighted by molar-refractivity contribution is -0.112. The Morgan fingerprint density at radius 1 is 1.20 bits per heavy atom. The molecule has 150 valence electrons. The zero-order valence-electron chi connectivity index (χ0n) is 16.7. The van der Waals surface area contributed by atoms with Crippen molar-refractivity contribution >= 4 is 34.0 Å². The van der Waals surface area contributed by atoms with Crippen LogP contribution in [-0.2, 0) is 11.8 Å². The van der Waals surface area contributed by atoms with Gasteiger partial charge in [0.2, 0.25) is 11.9 Å². The maximum Gasteiger partial charge on any atom is 0.248 e. The van der Waals surface area contributed by atoms with Gasteiger partial charge in [-0.05, 0) is 29.8 Å². The van der Waals surface area contributed by atoms with Crippen molar-refractivity contribution < 1.29 is 9.53 Å². The fraction of sp³-hybridized carbons (Fsp3) is 0.0870. The summed E-state index contributed by atoms with van der Waals surface area (Å²) in [7, 11) is 3.57. The summed E-state index contributed by atoms with van der Waals surface area (Å²) in [5.41, 5.74) is 9.70. The standard InChI is InChI=1S/C23H21N5O2/c1-14(22(24)29)15-8-9-21(30-3)19(12-15)27-23-25-11-10-18(26-23)17-13-28(2)20-7-5-4-6-16(17)20/h4-13H,1H2,2-3H3,(H2,24,29)(H,25,26,27). The number of primary amides is 1. The first kappa shape index (κ1) is 19.2. The van der Waals surface area contributed by atoms with Gasteiger partial charge in [-0.25, -0.2) is 9.97 Å². The van der Waals surface area contributed by atoms with Crippen molar-refractivity contribution in [1.82, 2.24) is 14.5 Å². The fourth-order valence-electron chi connectivity index (χ4n) is 3.37. The zero-order valence-corrected chi connectivity index (χ0v) is 16.7. The lowest BCUT2D eigenvalue weighted by Gasteiger charge is -2.13. The number of rotatable bonds is 6. The molecule has 0 saturated heterocycles. The summed E-state index contributed by atoms with van der Waals surface area (Å²) in [6, 6.07) is 15.2. The quantitative estimate of drug-likeness (QED) is 0.480. The zero-order chi connectivity index (χ0) is 21.3. The molecule has 0 unspecified atom stereocenters. The van der Waals surface area contributed by atoms with E-state index < -0.39 is 5.91 Å². The number of anilines is 2. The molecule has 2 aromatic carbocycles. The highest BCUT2D eigenvalue weighted by molar-refractivity contribution is 6.18. The van der Waals surface area contributed by atoms with Gasteiger partial charge < -0.3 is 20.4 Å². The van der Waals surface area contributed by atoms with Gasteiger partial charge in [-0.2, -0.15) is 0 Å².